The first kappa shape index (κ1) is 22.6. The Bertz CT molecular complexity index is 959. The summed E-state index contributed by atoms with van der Waals surface area (Å²) in [5, 5.41) is 18.0. The number of methoxy groups -OCH3 is 1. The summed E-state index contributed by atoms with van der Waals surface area (Å²) in [6.45, 7) is 8.57. The molecule has 32 heavy (non-hydrogen) atoms. The third-order valence-corrected chi connectivity index (χ3v) is 6.24. The molecule has 0 aliphatic carbocycles. The maximum absolute atomic E-state index is 12.5. The molecule has 8 nitrogen and oxygen atoms in total. The average Bonchev–Trinajstić information content (AvgIpc) is 3.42. The molecule has 0 bridgehead atoms. The van der Waals surface area contributed by atoms with Crippen molar-refractivity contribution in [3.05, 3.63) is 30.1 Å². The molecular weight excluding hydrogens is 408 g/mol. The van der Waals surface area contributed by atoms with E-state index in [4.69, 9.17) is 9.47 Å². The minimum absolute atomic E-state index is 0.0576. The maximum Gasteiger partial charge on any atom is 0.414 e. The van der Waals surface area contributed by atoms with Crippen molar-refractivity contribution in [3.8, 4) is 16.9 Å². The lowest BCUT2D eigenvalue weighted by molar-refractivity contribution is 0.0577. The Morgan fingerprint density at radius 1 is 1.34 bits per heavy atom. The minimum Gasteiger partial charge on any atom is -0.492 e. The van der Waals surface area contributed by atoms with E-state index in [0.29, 0.717) is 19.1 Å². The predicted octanol–water partition coefficient (Wildman–Crippen LogP) is 3.22. The molecule has 1 amide bonds. The van der Waals surface area contributed by atoms with E-state index in [0.717, 1.165) is 60.5 Å². The third-order valence-electron chi connectivity index (χ3n) is 6.24. The lowest BCUT2D eigenvalue weighted by atomic mass is 9.92. The predicted molar refractivity (Wildman–Crippen MR) is 123 cm³/mol. The molecule has 2 N–H and O–H groups in total. The van der Waals surface area contributed by atoms with Gasteiger partial charge in [-0.3, -0.25) is 9.58 Å². The van der Waals surface area contributed by atoms with Crippen LogP contribution < -0.4 is 15.0 Å². The zero-order chi connectivity index (χ0) is 22.9. The van der Waals surface area contributed by atoms with Gasteiger partial charge in [0.2, 0.25) is 0 Å². The number of ether oxygens (including phenoxy) is 2. The normalized spacial score (nSPS) is 20.8. The van der Waals surface area contributed by atoms with Gasteiger partial charge >= 0.3 is 6.09 Å². The molecule has 2 atom stereocenters. The second-order valence-electron chi connectivity index (χ2n) is 9.58. The molecule has 3 heterocycles. The second-order valence-corrected chi connectivity index (χ2v) is 9.58. The van der Waals surface area contributed by atoms with E-state index in [-0.39, 0.29) is 12.1 Å². The lowest BCUT2D eigenvalue weighted by Gasteiger charge is -2.35. The van der Waals surface area contributed by atoms with Crippen molar-refractivity contribution in [3.63, 3.8) is 0 Å². The van der Waals surface area contributed by atoms with Crippen LogP contribution in [-0.4, -0.2) is 59.4 Å². The third kappa shape index (κ3) is 4.76. The van der Waals surface area contributed by atoms with Crippen LogP contribution in [0.15, 0.2) is 24.5 Å². The SMILES string of the molecule is COC(=O)N1c2ccc(-c3cnn(CC(C)(C)O)c3)c(OCC3CCNC3)c2CCC1C. The molecular formula is C24H34N4O4. The van der Waals surface area contributed by atoms with Crippen LogP contribution in [0.3, 0.4) is 0 Å². The highest BCUT2D eigenvalue weighted by Gasteiger charge is 2.32. The van der Waals surface area contributed by atoms with Crippen molar-refractivity contribution in [2.75, 3.05) is 31.7 Å². The van der Waals surface area contributed by atoms with Gasteiger partial charge in [-0.15, -0.1) is 0 Å². The number of carbonyl (C=O) groups excluding carboxylic acids is 1. The van der Waals surface area contributed by atoms with Crippen LogP contribution in [0.25, 0.3) is 11.1 Å². The summed E-state index contributed by atoms with van der Waals surface area (Å²) >= 11 is 0. The highest BCUT2D eigenvalue weighted by atomic mass is 16.5. The summed E-state index contributed by atoms with van der Waals surface area (Å²) in [6.07, 6.45) is 6.15. The molecule has 0 radical (unpaired) electrons. The van der Waals surface area contributed by atoms with Crippen molar-refractivity contribution in [1.82, 2.24) is 15.1 Å². The first-order valence-corrected chi connectivity index (χ1v) is 11.4. The number of hydrogen-bond donors (Lipinski definition) is 2. The number of rotatable bonds is 6. The molecule has 1 aromatic heterocycles. The molecule has 1 saturated heterocycles. The number of hydrogen-bond acceptors (Lipinski definition) is 6. The van der Waals surface area contributed by atoms with Crippen LogP contribution in [0.5, 0.6) is 5.75 Å². The van der Waals surface area contributed by atoms with Gasteiger partial charge in [0.25, 0.3) is 0 Å². The van der Waals surface area contributed by atoms with Gasteiger partial charge in [-0.2, -0.15) is 5.10 Å². The molecule has 1 fully saturated rings. The topological polar surface area (TPSA) is 88.9 Å². The van der Waals surface area contributed by atoms with Gasteiger partial charge in [0.15, 0.2) is 0 Å². The summed E-state index contributed by atoms with van der Waals surface area (Å²) < 4.78 is 13.3. The summed E-state index contributed by atoms with van der Waals surface area (Å²) in [6, 6.07) is 4.04. The summed E-state index contributed by atoms with van der Waals surface area (Å²) in [5.74, 6) is 1.29. The first-order valence-electron chi connectivity index (χ1n) is 11.4. The quantitative estimate of drug-likeness (QED) is 0.714. The monoisotopic (exact) mass is 442 g/mol. The average molecular weight is 443 g/mol. The largest absolute Gasteiger partial charge is 0.492 e. The number of benzene rings is 1. The van der Waals surface area contributed by atoms with E-state index in [9.17, 15) is 9.90 Å². The highest BCUT2D eigenvalue weighted by molar-refractivity contribution is 5.92. The molecule has 174 valence electrons. The first-order chi connectivity index (χ1) is 15.3. The van der Waals surface area contributed by atoms with E-state index in [2.05, 4.69) is 10.4 Å². The molecule has 2 aliphatic rings. The van der Waals surface area contributed by atoms with Gasteiger partial charge in [0.1, 0.15) is 5.75 Å². The van der Waals surface area contributed by atoms with Crippen molar-refractivity contribution >= 4 is 11.8 Å². The van der Waals surface area contributed by atoms with Crippen LogP contribution >= 0.6 is 0 Å². The minimum atomic E-state index is -0.856. The van der Waals surface area contributed by atoms with Crippen LogP contribution in [0.4, 0.5) is 10.5 Å². The molecule has 0 saturated carbocycles. The fourth-order valence-corrected chi connectivity index (χ4v) is 4.62. The number of carbonyl (C=O) groups is 1. The van der Waals surface area contributed by atoms with Crippen molar-refractivity contribution < 1.29 is 19.4 Å². The van der Waals surface area contributed by atoms with Crippen LogP contribution in [0, 0.1) is 5.92 Å². The Morgan fingerprint density at radius 2 is 2.16 bits per heavy atom. The summed E-state index contributed by atoms with van der Waals surface area (Å²) in [5.41, 5.74) is 2.91. The van der Waals surface area contributed by atoms with E-state index >= 15 is 0 Å². The van der Waals surface area contributed by atoms with Gasteiger partial charge < -0.3 is 19.9 Å². The Balaban J connectivity index is 1.73. The number of aliphatic hydroxyl groups is 1. The van der Waals surface area contributed by atoms with Gasteiger partial charge in [0.05, 0.1) is 37.7 Å². The van der Waals surface area contributed by atoms with Crippen LogP contribution in [0.1, 0.15) is 39.2 Å². The summed E-state index contributed by atoms with van der Waals surface area (Å²) in [4.78, 5) is 14.3. The van der Waals surface area contributed by atoms with Crippen molar-refractivity contribution in [2.45, 2.75) is 58.2 Å². The molecule has 0 spiro atoms. The lowest BCUT2D eigenvalue weighted by Crippen LogP contribution is -2.42. The highest BCUT2D eigenvalue weighted by Crippen LogP contribution is 2.43. The molecule has 2 unspecified atom stereocenters. The molecule has 8 heteroatoms. The number of anilines is 1. The van der Waals surface area contributed by atoms with E-state index < -0.39 is 5.60 Å². The van der Waals surface area contributed by atoms with Gasteiger partial charge in [-0.25, -0.2) is 4.79 Å². The molecule has 2 aromatic rings. The smallest absolute Gasteiger partial charge is 0.414 e. The van der Waals surface area contributed by atoms with Crippen molar-refractivity contribution in [2.24, 2.45) is 5.92 Å². The molecule has 1 aromatic carbocycles. The van der Waals surface area contributed by atoms with Gasteiger partial charge in [-0.05, 0) is 58.7 Å². The standard InChI is InChI=1S/C24H34N4O4/c1-16-5-6-20-21(28(16)23(29)31-4)8-7-19(22(20)32-14-17-9-10-25-11-17)18-12-26-27(13-18)15-24(2,3)30/h7-8,12-13,16-17,25,30H,5-6,9-11,14-15H2,1-4H3. The Hall–Kier alpha value is -2.58. The fraction of sp³-hybridized carbons (Fsp3) is 0.583. The summed E-state index contributed by atoms with van der Waals surface area (Å²) in [7, 11) is 1.42. The molecule has 2 aliphatic heterocycles. The number of aromatic nitrogens is 2. The Morgan fingerprint density at radius 3 is 2.84 bits per heavy atom. The van der Waals surface area contributed by atoms with Crippen LogP contribution in [-0.2, 0) is 17.7 Å². The number of nitrogens with zero attached hydrogens (tertiary/aromatic N) is 3. The zero-order valence-electron chi connectivity index (χ0n) is 19.4. The number of fused-ring (bicyclic) bond motifs is 1. The Kier molecular flexibility index (Phi) is 6.44. The van der Waals surface area contributed by atoms with Gasteiger partial charge in [-0.1, -0.05) is 0 Å². The number of amides is 1. The van der Waals surface area contributed by atoms with Crippen molar-refractivity contribution in [1.29, 1.82) is 0 Å². The maximum atomic E-state index is 12.5. The van der Waals surface area contributed by atoms with Gasteiger partial charge in [0, 0.05) is 41.4 Å². The Labute approximate surface area is 189 Å². The fourth-order valence-electron chi connectivity index (χ4n) is 4.62. The second kappa shape index (κ2) is 9.11. The van der Waals surface area contributed by atoms with E-state index in [1.165, 1.54) is 7.11 Å². The molecule has 4 rings (SSSR count). The van der Waals surface area contributed by atoms with Crippen LogP contribution in [0.2, 0.25) is 0 Å². The van der Waals surface area contributed by atoms with E-state index in [1.807, 2.05) is 25.3 Å². The zero-order valence-corrected chi connectivity index (χ0v) is 19.4. The van der Waals surface area contributed by atoms with E-state index in [1.54, 1.807) is 29.6 Å². The number of nitrogens with one attached hydrogen (secondary N) is 1.